The topological polar surface area (TPSA) is 84.9 Å². The molecule has 0 aliphatic heterocycles. The first-order valence-electron chi connectivity index (χ1n) is 6.58. The number of ether oxygens (including phenoxy) is 2. The largest absolute Gasteiger partial charge is 0.484 e. The molecule has 6 heteroatoms. The van der Waals surface area contributed by atoms with Crippen LogP contribution >= 0.6 is 0 Å². The van der Waals surface area contributed by atoms with E-state index in [1.54, 1.807) is 24.3 Å². The van der Waals surface area contributed by atoms with Crippen molar-refractivity contribution in [2.24, 2.45) is 0 Å². The van der Waals surface area contributed by atoms with E-state index in [4.69, 9.17) is 14.6 Å². The highest BCUT2D eigenvalue weighted by molar-refractivity contribution is 5.82. The molecule has 0 aromatic heterocycles. The fraction of sp³-hybridized carbons (Fsp3) is 0.125. The number of carbonyl (C=O) groups excluding carboxylic acids is 1. The lowest BCUT2D eigenvalue weighted by molar-refractivity contribution is -0.138. The second-order valence-electron chi connectivity index (χ2n) is 4.35. The lowest BCUT2D eigenvalue weighted by Crippen LogP contribution is -2.33. The van der Waals surface area contributed by atoms with Crippen molar-refractivity contribution < 1.29 is 24.2 Å². The molecule has 2 rings (SSSR count). The number of nitrogens with one attached hydrogen (secondary N) is 1. The predicted octanol–water partition coefficient (Wildman–Crippen LogP) is 2.06. The Kier molecular flexibility index (Phi) is 5.37. The van der Waals surface area contributed by atoms with Crippen LogP contribution in [0.25, 0.3) is 0 Å². The van der Waals surface area contributed by atoms with Crippen molar-refractivity contribution in [2.75, 3.05) is 13.2 Å². The van der Waals surface area contributed by atoms with Gasteiger partial charge in [0.1, 0.15) is 23.8 Å². The first kappa shape index (κ1) is 15.4. The van der Waals surface area contributed by atoms with E-state index in [9.17, 15) is 9.59 Å². The number of hydrogen-bond acceptors (Lipinski definition) is 4. The van der Waals surface area contributed by atoms with E-state index in [-0.39, 0.29) is 6.61 Å². The van der Waals surface area contributed by atoms with E-state index in [1.807, 2.05) is 30.3 Å². The highest BCUT2D eigenvalue weighted by Crippen LogP contribution is 2.24. The summed E-state index contributed by atoms with van der Waals surface area (Å²) in [5.41, 5.74) is 0. The summed E-state index contributed by atoms with van der Waals surface area (Å²) in [7, 11) is 0. The Morgan fingerprint density at radius 3 is 2.36 bits per heavy atom. The fourth-order valence-electron chi connectivity index (χ4n) is 1.63. The highest BCUT2D eigenvalue weighted by atomic mass is 16.5. The standard InChI is InChI=1S/C16H15NO5/c18-15(17-10-16(19)20)11-21-13-7-4-8-14(9-13)22-12-5-2-1-3-6-12/h1-9H,10-11H2,(H,17,18)(H,19,20). The molecule has 0 fully saturated rings. The molecule has 6 nitrogen and oxygen atoms in total. The fourth-order valence-corrected chi connectivity index (χ4v) is 1.63. The first-order chi connectivity index (χ1) is 10.6. The number of para-hydroxylation sites is 1. The molecule has 2 aromatic carbocycles. The van der Waals surface area contributed by atoms with Crippen LogP contribution in [0.3, 0.4) is 0 Å². The monoisotopic (exact) mass is 301 g/mol. The molecule has 0 bridgehead atoms. The average Bonchev–Trinajstić information content (AvgIpc) is 2.52. The van der Waals surface area contributed by atoms with E-state index >= 15 is 0 Å². The zero-order valence-corrected chi connectivity index (χ0v) is 11.7. The molecule has 2 N–H and O–H groups in total. The molecule has 1 amide bonds. The van der Waals surface area contributed by atoms with Crippen molar-refractivity contribution in [1.29, 1.82) is 0 Å². The molecule has 2 aromatic rings. The Morgan fingerprint density at radius 2 is 1.64 bits per heavy atom. The van der Waals surface area contributed by atoms with Gasteiger partial charge in [-0.2, -0.15) is 0 Å². The molecule has 0 radical (unpaired) electrons. The molecule has 0 aliphatic rings. The summed E-state index contributed by atoms with van der Waals surface area (Å²) in [4.78, 5) is 21.7. The number of carbonyl (C=O) groups is 2. The van der Waals surface area contributed by atoms with Gasteiger partial charge in [-0.05, 0) is 24.3 Å². The van der Waals surface area contributed by atoms with Crippen molar-refractivity contribution in [3.05, 3.63) is 54.6 Å². The quantitative estimate of drug-likeness (QED) is 0.817. The highest BCUT2D eigenvalue weighted by Gasteiger charge is 2.05. The zero-order chi connectivity index (χ0) is 15.8. The van der Waals surface area contributed by atoms with Crippen LogP contribution in [0, 0.1) is 0 Å². The minimum atomic E-state index is -1.10. The van der Waals surface area contributed by atoms with Crippen LogP contribution in [-0.4, -0.2) is 30.1 Å². The van der Waals surface area contributed by atoms with Gasteiger partial charge >= 0.3 is 5.97 Å². The summed E-state index contributed by atoms with van der Waals surface area (Å²) in [6.45, 7) is -0.693. The van der Waals surface area contributed by atoms with Gasteiger partial charge < -0.3 is 19.9 Å². The molecule has 0 heterocycles. The van der Waals surface area contributed by atoms with Crippen LogP contribution in [0.1, 0.15) is 0 Å². The van der Waals surface area contributed by atoms with Gasteiger partial charge in [0.2, 0.25) is 0 Å². The third kappa shape index (κ3) is 5.16. The number of carboxylic acid groups (broad SMARTS) is 1. The molecule has 0 saturated carbocycles. The number of benzene rings is 2. The summed E-state index contributed by atoms with van der Waals surface area (Å²) in [5, 5.41) is 10.7. The van der Waals surface area contributed by atoms with Gasteiger partial charge in [0.25, 0.3) is 5.91 Å². The molecule has 0 unspecified atom stereocenters. The Hall–Kier alpha value is -3.02. The van der Waals surface area contributed by atoms with Crippen LogP contribution in [0.2, 0.25) is 0 Å². The Bertz CT molecular complexity index is 642. The van der Waals surface area contributed by atoms with Crippen molar-refractivity contribution in [2.45, 2.75) is 0 Å². The second-order valence-corrected chi connectivity index (χ2v) is 4.35. The molecular formula is C16H15NO5. The molecular weight excluding hydrogens is 286 g/mol. The summed E-state index contributed by atoms with van der Waals surface area (Å²) in [6.07, 6.45) is 0. The molecule has 0 aliphatic carbocycles. The Morgan fingerprint density at radius 1 is 0.955 bits per heavy atom. The van der Waals surface area contributed by atoms with Crippen molar-refractivity contribution in [1.82, 2.24) is 5.32 Å². The summed E-state index contributed by atoms with van der Waals surface area (Å²) >= 11 is 0. The molecule has 114 valence electrons. The average molecular weight is 301 g/mol. The van der Waals surface area contributed by atoms with Crippen molar-refractivity contribution >= 4 is 11.9 Å². The van der Waals surface area contributed by atoms with Gasteiger partial charge in [0.05, 0.1) is 0 Å². The van der Waals surface area contributed by atoms with Crippen LogP contribution in [-0.2, 0) is 9.59 Å². The van der Waals surface area contributed by atoms with Gasteiger partial charge in [0.15, 0.2) is 6.61 Å². The van der Waals surface area contributed by atoms with Crippen LogP contribution in [0.4, 0.5) is 0 Å². The normalized spacial score (nSPS) is 9.82. The first-order valence-corrected chi connectivity index (χ1v) is 6.58. The second kappa shape index (κ2) is 7.68. The van der Waals surface area contributed by atoms with E-state index in [1.165, 1.54) is 0 Å². The van der Waals surface area contributed by atoms with Crippen LogP contribution in [0.15, 0.2) is 54.6 Å². The SMILES string of the molecule is O=C(O)CNC(=O)COc1cccc(Oc2ccccc2)c1. The minimum Gasteiger partial charge on any atom is -0.484 e. The zero-order valence-electron chi connectivity index (χ0n) is 11.7. The lowest BCUT2D eigenvalue weighted by atomic mass is 10.3. The van der Waals surface area contributed by atoms with E-state index in [0.717, 1.165) is 0 Å². The molecule has 0 atom stereocenters. The lowest BCUT2D eigenvalue weighted by Gasteiger charge is -2.09. The minimum absolute atomic E-state index is 0.262. The summed E-state index contributed by atoms with van der Waals surface area (Å²) in [6, 6.07) is 16.1. The molecule has 22 heavy (non-hydrogen) atoms. The van der Waals surface area contributed by atoms with Gasteiger partial charge in [-0.25, -0.2) is 0 Å². The van der Waals surface area contributed by atoms with Gasteiger partial charge in [0, 0.05) is 6.07 Å². The number of carboxylic acids is 1. The number of aliphatic carboxylic acids is 1. The summed E-state index contributed by atoms with van der Waals surface area (Å²) in [5.74, 6) is 0.121. The third-order valence-electron chi connectivity index (χ3n) is 2.59. The summed E-state index contributed by atoms with van der Waals surface area (Å²) < 4.78 is 10.9. The molecule has 0 spiro atoms. The maximum absolute atomic E-state index is 11.4. The maximum Gasteiger partial charge on any atom is 0.322 e. The van der Waals surface area contributed by atoms with Crippen molar-refractivity contribution in [3.63, 3.8) is 0 Å². The van der Waals surface area contributed by atoms with Crippen LogP contribution in [0.5, 0.6) is 17.2 Å². The van der Waals surface area contributed by atoms with E-state index in [0.29, 0.717) is 17.2 Å². The smallest absolute Gasteiger partial charge is 0.322 e. The Labute approximate surface area is 127 Å². The molecule has 0 saturated heterocycles. The van der Waals surface area contributed by atoms with E-state index < -0.39 is 18.4 Å². The predicted molar refractivity (Wildman–Crippen MR) is 79.1 cm³/mol. The van der Waals surface area contributed by atoms with Crippen LogP contribution < -0.4 is 14.8 Å². The third-order valence-corrected chi connectivity index (χ3v) is 2.59. The van der Waals surface area contributed by atoms with Gasteiger partial charge in [-0.1, -0.05) is 24.3 Å². The number of amides is 1. The van der Waals surface area contributed by atoms with Crippen molar-refractivity contribution in [3.8, 4) is 17.2 Å². The van der Waals surface area contributed by atoms with Gasteiger partial charge in [-0.3, -0.25) is 9.59 Å². The maximum atomic E-state index is 11.4. The number of hydrogen-bond donors (Lipinski definition) is 2. The Balaban J connectivity index is 1.89. The number of rotatable bonds is 7. The van der Waals surface area contributed by atoms with E-state index in [2.05, 4.69) is 5.32 Å². The van der Waals surface area contributed by atoms with Gasteiger partial charge in [-0.15, -0.1) is 0 Å².